The molecule has 1 unspecified atom stereocenters. The van der Waals surface area contributed by atoms with Crippen molar-refractivity contribution in [3.8, 4) is 0 Å². The van der Waals surface area contributed by atoms with Crippen molar-refractivity contribution < 1.29 is 19.6 Å². The van der Waals surface area contributed by atoms with E-state index in [1.807, 2.05) is 56.3 Å². The number of nitro groups is 1. The summed E-state index contributed by atoms with van der Waals surface area (Å²) in [4.78, 5) is 45.3. The Bertz CT molecular complexity index is 1610. The second-order valence-electron chi connectivity index (χ2n) is 8.93. The predicted octanol–water partition coefficient (Wildman–Crippen LogP) is 5.21. The number of non-ortho nitro benzene ring substituents is 1. The molecule has 0 radical (unpaired) electrons. The minimum atomic E-state index is -0.975. The van der Waals surface area contributed by atoms with Crippen LogP contribution in [0.25, 0.3) is 16.0 Å². The molecule has 0 spiro atoms. The molecule has 186 valence electrons. The van der Waals surface area contributed by atoms with E-state index in [9.17, 15) is 24.8 Å². The molecule has 4 aromatic rings. The number of aliphatic hydroxyl groups excluding tert-OH is 1. The molecular formula is C27H22N4O5S. The van der Waals surface area contributed by atoms with E-state index < -0.39 is 28.4 Å². The molecule has 1 saturated heterocycles. The summed E-state index contributed by atoms with van der Waals surface area (Å²) in [7, 11) is 3.79. The molecule has 1 aromatic heterocycles. The van der Waals surface area contributed by atoms with Gasteiger partial charge < -0.3 is 10.0 Å². The van der Waals surface area contributed by atoms with Crippen LogP contribution >= 0.6 is 11.3 Å². The second kappa shape index (κ2) is 9.14. The fourth-order valence-corrected chi connectivity index (χ4v) is 5.44. The van der Waals surface area contributed by atoms with Gasteiger partial charge in [-0.2, -0.15) is 0 Å². The number of fused-ring (bicyclic) bond motifs is 1. The smallest absolute Gasteiger partial charge is 0.301 e. The van der Waals surface area contributed by atoms with Crippen molar-refractivity contribution in [1.29, 1.82) is 0 Å². The molecule has 0 saturated carbocycles. The van der Waals surface area contributed by atoms with Gasteiger partial charge in [0.15, 0.2) is 5.13 Å². The number of nitrogens with zero attached hydrogens (tertiary/aromatic N) is 4. The zero-order valence-electron chi connectivity index (χ0n) is 20.2. The number of aliphatic hydroxyl groups is 1. The molecule has 0 bridgehead atoms. The highest BCUT2D eigenvalue weighted by atomic mass is 32.1. The van der Waals surface area contributed by atoms with E-state index in [4.69, 9.17) is 0 Å². The number of amides is 1. The third-order valence-electron chi connectivity index (χ3n) is 6.24. The first-order valence-electron chi connectivity index (χ1n) is 11.4. The number of ketones is 1. The van der Waals surface area contributed by atoms with E-state index in [1.54, 1.807) is 12.1 Å². The van der Waals surface area contributed by atoms with Gasteiger partial charge in [0, 0.05) is 37.5 Å². The molecule has 3 aromatic carbocycles. The number of anilines is 2. The van der Waals surface area contributed by atoms with Crippen molar-refractivity contribution in [3.63, 3.8) is 0 Å². The van der Waals surface area contributed by atoms with Crippen LogP contribution in [-0.2, 0) is 9.59 Å². The van der Waals surface area contributed by atoms with Crippen LogP contribution in [0, 0.1) is 17.0 Å². The molecule has 1 N–H and O–H groups in total. The number of benzene rings is 3. The van der Waals surface area contributed by atoms with Crippen molar-refractivity contribution in [3.05, 3.63) is 99.1 Å². The number of Topliss-reactive ketones (excluding diaryl/α,β-unsaturated/α-hetero) is 1. The minimum Gasteiger partial charge on any atom is -0.507 e. The van der Waals surface area contributed by atoms with Gasteiger partial charge in [-0.25, -0.2) is 4.98 Å². The summed E-state index contributed by atoms with van der Waals surface area (Å²) < 4.78 is 0.859. The predicted molar refractivity (Wildman–Crippen MR) is 143 cm³/mol. The quantitative estimate of drug-likeness (QED) is 0.128. The van der Waals surface area contributed by atoms with Gasteiger partial charge >= 0.3 is 5.91 Å². The van der Waals surface area contributed by atoms with Crippen LogP contribution in [0.4, 0.5) is 16.5 Å². The SMILES string of the molecule is Cc1ccc2nc(N3C(=O)C(=O)/C(=C(/O)c4cccc([N+](=O)[O-])c4)C3c3ccc(N(C)C)cc3)sc2c1. The van der Waals surface area contributed by atoms with Crippen molar-refractivity contribution in [1.82, 2.24) is 4.98 Å². The van der Waals surface area contributed by atoms with Gasteiger partial charge in [-0.3, -0.25) is 24.6 Å². The summed E-state index contributed by atoms with van der Waals surface area (Å²) in [5.74, 6) is -2.20. The van der Waals surface area contributed by atoms with Crippen molar-refractivity contribution in [2.24, 2.45) is 0 Å². The summed E-state index contributed by atoms with van der Waals surface area (Å²) >= 11 is 1.28. The highest BCUT2D eigenvalue weighted by molar-refractivity contribution is 7.22. The molecule has 1 aliphatic heterocycles. The molecule has 1 aliphatic rings. The molecular weight excluding hydrogens is 492 g/mol. The number of carbonyl (C=O) groups is 2. The number of aryl methyl sites for hydroxylation is 1. The first-order valence-corrected chi connectivity index (χ1v) is 12.2. The van der Waals surface area contributed by atoms with Gasteiger partial charge in [-0.1, -0.05) is 41.7 Å². The van der Waals surface area contributed by atoms with Crippen molar-refractivity contribution in [2.45, 2.75) is 13.0 Å². The molecule has 0 aliphatic carbocycles. The third-order valence-corrected chi connectivity index (χ3v) is 7.26. The molecule has 2 heterocycles. The van der Waals surface area contributed by atoms with Crippen LogP contribution in [0.15, 0.2) is 72.3 Å². The molecule has 1 fully saturated rings. The number of rotatable bonds is 5. The molecule has 5 rings (SSSR count). The number of hydrogen-bond donors (Lipinski definition) is 1. The fraction of sp³-hybridized carbons (Fsp3) is 0.148. The number of hydrogen-bond acceptors (Lipinski definition) is 8. The van der Waals surface area contributed by atoms with E-state index in [0.29, 0.717) is 16.2 Å². The maximum absolute atomic E-state index is 13.4. The van der Waals surface area contributed by atoms with Crippen LogP contribution in [0.3, 0.4) is 0 Å². The summed E-state index contributed by atoms with van der Waals surface area (Å²) in [6.45, 7) is 1.95. The number of thiazole rings is 1. The van der Waals surface area contributed by atoms with Gasteiger partial charge in [-0.05, 0) is 42.3 Å². The average molecular weight is 515 g/mol. The molecule has 9 nitrogen and oxygen atoms in total. The maximum atomic E-state index is 13.4. The highest BCUT2D eigenvalue weighted by Crippen LogP contribution is 2.44. The average Bonchev–Trinajstić information content (AvgIpc) is 3.41. The Morgan fingerprint density at radius 1 is 1.08 bits per heavy atom. The zero-order valence-corrected chi connectivity index (χ0v) is 21.0. The van der Waals surface area contributed by atoms with Crippen molar-refractivity contribution >= 4 is 55.5 Å². The monoisotopic (exact) mass is 514 g/mol. The number of nitro benzene ring substituents is 1. The summed E-state index contributed by atoms with van der Waals surface area (Å²) in [5, 5.41) is 22.9. The first kappa shape index (κ1) is 24.1. The Morgan fingerprint density at radius 2 is 1.81 bits per heavy atom. The summed E-state index contributed by atoms with van der Waals surface area (Å²) in [6, 6.07) is 17.4. The van der Waals surface area contributed by atoms with Gasteiger partial charge in [0.05, 0.1) is 26.8 Å². The van der Waals surface area contributed by atoms with Gasteiger partial charge in [-0.15, -0.1) is 0 Å². The van der Waals surface area contributed by atoms with Crippen LogP contribution in [0.2, 0.25) is 0 Å². The minimum absolute atomic E-state index is 0.0713. The third kappa shape index (κ3) is 4.21. The maximum Gasteiger partial charge on any atom is 0.301 e. The molecule has 1 atom stereocenters. The lowest BCUT2D eigenvalue weighted by Gasteiger charge is -2.23. The van der Waals surface area contributed by atoms with Crippen molar-refractivity contribution in [2.75, 3.05) is 23.9 Å². The lowest BCUT2D eigenvalue weighted by atomic mass is 9.95. The van der Waals surface area contributed by atoms with E-state index in [0.717, 1.165) is 16.0 Å². The van der Waals surface area contributed by atoms with Gasteiger partial charge in [0.2, 0.25) is 0 Å². The van der Waals surface area contributed by atoms with Gasteiger partial charge in [0.25, 0.3) is 11.5 Å². The zero-order chi connectivity index (χ0) is 26.4. The number of carbonyl (C=O) groups excluding carboxylic acids is 2. The molecule has 1 amide bonds. The van der Waals surface area contributed by atoms with E-state index in [2.05, 4.69) is 4.98 Å². The van der Waals surface area contributed by atoms with E-state index in [1.165, 1.54) is 40.5 Å². The Kier molecular flexibility index (Phi) is 5.96. The topological polar surface area (TPSA) is 117 Å². The molecule has 10 heteroatoms. The molecule has 37 heavy (non-hydrogen) atoms. The van der Waals surface area contributed by atoms with Crippen LogP contribution in [0.1, 0.15) is 22.7 Å². The lowest BCUT2D eigenvalue weighted by molar-refractivity contribution is -0.384. The fourth-order valence-electron chi connectivity index (χ4n) is 4.34. The van der Waals surface area contributed by atoms with Gasteiger partial charge in [0.1, 0.15) is 5.76 Å². The normalized spacial score (nSPS) is 16.9. The van der Waals surface area contributed by atoms with Crippen LogP contribution in [-0.4, -0.2) is 40.8 Å². The first-order chi connectivity index (χ1) is 17.7. The van der Waals surface area contributed by atoms with Crippen LogP contribution < -0.4 is 9.80 Å². The van der Waals surface area contributed by atoms with E-state index >= 15 is 0 Å². The summed E-state index contributed by atoms with van der Waals surface area (Å²) in [6.07, 6.45) is 0. The standard InChI is InChI=1S/C27H22N4O5S/c1-15-7-12-20-21(13-15)37-27(28-20)30-23(16-8-10-18(11-9-16)29(2)3)22(25(33)26(30)34)24(32)17-5-4-6-19(14-17)31(35)36/h4-14,23,32H,1-3H3/b24-22+. The Balaban J connectivity index is 1.72. The lowest BCUT2D eigenvalue weighted by Crippen LogP contribution is -2.29. The Hall–Kier alpha value is -4.57. The second-order valence-corrected chi connectivity index (χ2v) is 9.94. The Labute approximate surface area is 216 Å². The highest BCUT2D eigenvalue weighted by Gasteiger charge is 2.48. The Morgan fingerprint density at radius 3 is 2.49 bits per heavy atom. The van der Waals surface area contributed by atoms with Crippen LogP contribution in [0.5, 0.6) is 0 Å². The summed E-state index contributed by atoms with van der Waals surface area (Å²) in [5.41, 5.74) is 2.90. The largest absolute Gasteiger partial charge is 0.507 e. The van der Waals surface area contributed by atoms with E-state index in [-0.39, 0.29) is 16.8 Å². The number of aromatic nitrogens is 1.